The van der Waals surface area contributed by atoms with Crippen LogP contribution in [0.5, 0.6) is 5.75 Å². The van der Waals surface area contributed by atoms with E-state index in [4.69, 9.17) is 16.3 Å². The lowest BCUT2D eigenvalue weighted by Gasteiger charge is -2.12. The summed E-state index contributed by atoms with van der Waals surface area (Å²) in [5.74, 6) is 0.770. The lowest BCUT2D eigenvalue weighted by atomic mass is 9.96. The molecule has 1 atom stereocenters. The normalized spacial score (nSPS) is 11.7. The molecule has 0 bridgehead atoms. The summed E-state index contributed by atoms with van der Waals surface area (Å²) in [6, 6.07) is 16.2. The zero-order chi connectivity index (χ0) is 15.9. The van der Waals surface area contributed by atoms with Crippen molar-refractivity contribution in [1.29, 1.82) is 5.26 Å². The Morgan fingerprint density at radius 3 is 2.36 bits per heavy atom. The second-order valence-electron chi connectivity index (χ2n) is 5.45. The van der Waals surface area contributed by atoms with E-state index in [0.29, 0.717) is 6.61 Å². The molecular weight excluding hydrogens is 294 g/mol. The molecule has 2 aromatic carbocycles. The van der Waals surface area contributed by atoms with E-state index in [1.165, 1.54) is 0 Å². The fourth-order valence-electron chi connectivity index (χ4n) is 2.46. The SMILES string of the molecule is Cc1cc(OCCCC(C#N)c2ccccc2)cc(C)c1Cl. The molecule has 1 unspecified atom stereocenters. The van der Waals surface area contributed by atoms with Crippen molar-refractivity contribution in [3.05, 3.63) is 64.2 Å². The van der Waals surface area contributed by atoms with Gasteiger partial charge in [-0.25, -0.2) is 0 Å². The fraction of sp³-hybridized carbons (Fsp3) is 0.316. The molecule has 22 heavy (non-hydrogen) atoms. The summed E-state index contributed by atoms with van der Waals surface area (Å²) in [6.45, 7) is 4.55. The average molecular weight is 314 g/mol. The Morgan fingerprint density at radius 1 is 1.14 bits per heavy atom. The summed E-state index contributed by atoms with van der Waals surface area (Å²) in [4.78, 5) is 0. The van der Waals surface area contributed by atoms with Crippen molar-refractivity contribution >= 4 is 11.6 Å². The van der Waals surface area contributed by atoms with Crippen molar-refractivity contribution in [2.24, 2.45) is 0 Å². The van der Waals surface area contributed by atoms with Crippen LogP contribution in [0.3, 0.4) is 0 Å². The molecule has 3 heteroatoms. The summed E-state index contributed by atoms with van der Waals surface area (Å²) in [5, 5.41) is 10.1. The predicted molar refractivity (Wildman–Crippen MR) is 90.5 cm³/mol. The van der Waals surface area contributed by atoms with E-state index in [0.717, 1.165) is 40.3 Å². The highest BCUT2D eigenvalue weighted by molar-refractivity contribution is 6.32. The molecule has 114 valence electrons. The number of benzene rings is 2. The van der Waals surface area contributed by atoms with Gasteiger partial charge in [-0.05, 0) is 55.5 Å². The Labute approximate surface area is 137 Å². The molecule has 0 saturated heterocycles. The van der Waals surface area contributed by atoms with E-state index >= 15 is 0 Å². The first-order valence-electron chi connectivity index (χ1n) is 7.46. The lowest BCUT2D eigenvalue weighted by molar-refractivity contribution is 0.304. The summed E-state index contributed by atoms with van der Waals surface area (Å²) >= 11 is 6.15. The topological polar surface area (TPSA) is 33.0 Å². The molecule has 0 aromatic heterocycles. The average Bonchev–Trinajstić information content (AvgIpc) is 2.53. The molecule has 0 N–H and O–H groups in total. The zero-order valence-electron chi connectivity index (χ0n) is 13.0. The number of nitriles is 1. The van der Waals surface area contributed by atoms with Crippen LogP contribution in [0, 0.1) is 25.2 Å². The van der Waals surface area contributed by atoms with Gasteiger partial charge < -0.3 is 4.74 Å². The Kier molecular flexibility index (Phi) is 5.86. The van der Waals surface area contributed by atoms with Crippen molar-refractivity contribution < 1.29 is 4.74 Å². The number of rotatable bonds is 6. The minimum absolute atomic E-state index is 0.0708. The highest BCUT2D eigenvalue weighted by atomic mass is 35.5. The quantitative estimate of drug-likeness (QED) is 0.667. The van der Waals surface area contributed by atoms with E-state index in [1.54, 1.807) is 0 Å². The van der Waals surface area contributed by atoms with Crippen LogP contribution in [0.25, 0.3) is 0 Å². The smallest absolute Gasteiger partial charge is 0.119 e. The van der Waals surface area contributed by atoms with E-state index in [-0.39, 0.29) is 5.92 Å². The van der Waals surface area contributed by atoms with Crippen molar-refractivity contribution in [2.75, 3.05) is 6.61 Å². The van der Waals surface area contributed by atoms with Gasteiger partial charge in [0.15, 0.2) is 0 Å². The minimum Gasteiger partial charge on any atom is -0.494 e. The zero-order valence-corrected chi connectivity index (χ0v) is 13.7. The monoisotopic (exact) mass is 313 g/mol. The van der Waals surface area contributed by atoms with Crippen LogP contribution in [-0.4, -0.2) is 6.61 Å². The third-order valence-corrected chi connectivity index (χ3v) is 4.27. The maximum absolute atomic E-state index is 9.29. The van der Waals surface area contributed by atoms with Gasteiger partial charge in [0.05, 0.1) is 18.6 Å². The predicted octanol–water partition coefficient (Wildman–Crippen LogP) is 5.42. The molecule has 0 spiro atoms. The molecule has 0 aliphatic heterocycles. The summed E-state index contributed by atoms with van der Waals surface area (Å²) < 4.78 is 5.79. The van der Waals surface area contributed by atoms with E-state index in [2.05, 4.69) is 6.07 Å². The number of hydrogen-bond acceptors (Lipinski definition) is 2. The molecule has 2 aromatic rings. The second-order valence-corrected chi connectivity index (χ2v) is 5.83. The van der Waals surface area contributed by atoms with Crippen molar-refractivity contribution in [2.45, 2.75) is 32.6 Å². The summed E-state index contributed by atoms with van der Waals surface area (Å²) in [5.41, 5.74) is 3.12. The van der Waals surface area contributed by atoms with Crippen LogP contribution < -0.4 is 4.74 Å². The maximum Gasteiger partial charge on any atom is 0.119 e. The number of nitrogens with zero attached hydrogens (tertiary/aromatic N) is 1. The Morgan fingerprint density at radius 2 is 1.77 bits per heavy atom. The molecule has 0 radical (unpaired) electrons. The third kappa shape index (κ3) is 4.26. The lowest BCUT2D eigenvalue weighted by Crippen LogP contribution is -2.02. The minimum atomic E-state index is -0.0708. The maximum atomic E-state index is 9.29. The number of ether oxygens (including phenoxy) is 1. The van der Waals surface area contributed by atoms with Crippen LogP contribution in [0.2, 0.25) is 5.02 Å². The van der Waals surface area contributed by atoms with Crippen LogP contribution in [0.4, 0.5) is 0 Å². The number of hydrogen-bond donors (Lipinski definition) is 0. The van der Waals surface area contributed by atoms with Crippen LogP contribution in [0.1, 0.15) is 35.4 Å². The first kappa shape index (κ1) is 16.4. The fourth-order valence-corrected chi connectivity index (χ4v) is 2.57. The molecule has 0 saturated carbocycles. The molecule has 0 amide bonds. The molecule has 0 fully saturated rings. The van der Waals surface area contributed by atoms with E-state index in [9.17, 15) is 5.26 Å². The molecule has 2 rings (SSSR count). The Balaban J connectivity index is 1.85. The molecular formula is C19H20ClNO. The second kappa shape index (κ2) is 7.87. The third-order valence-electron chi connectivity index (χ3n) is 3.67. The van der Waals surface area contributed by atoms with Gasteiger partial charge in [-0.2, -0.15) is 5.26 Å². The number of aryl methyl sites for hydroxylation is 2. The molecule has 0 aliphatic carbocycles. The molecule has 2 nitrogen and oxygen atoms in total. The Bertz CT molecular complexity index is 638. The van der Waals surface area contributed by atoms with Gasteiger partial charge in [0.25, 0.3) is 0 Å². The standard InChI is InChI=1S/C19H20ClNO/c1-14-11-18(12-15(2)19(14)20)22-10-6-9-17(13-21)16-7-4-3-5-8-16/h3-5,7-8,11-12,17H,6,9-10H2,1-2H3. The van der Waals surface area contributed by atoms with Crippen molar-refractivity contribution in [3.8, 4) is 11.8 Å². The van der Waals surface area contributed by atoms with Crippen LogP contribution >= 0.6 is 11.6 Å². The van der Waals surface area contributed by atoms with Crippen molar-refractivity contribution in [1.82, 2.24) is 0 Å². The first-order chi connectivity index (χ1) is 10.6. The summed E-state index contributed by atoms with van der Waals surface area (Å²) in [6.07, 6.45) is 1.64. The van der Waals surface area contributed by atoms with Gasteiger partial charge in [-0.1, -0.05) is 41.9 Å². The van der Waals surface area contributed by atoms with Gasteiger partial charge in [-0.15, -0.1) is 0 Å². The van der Waals surface area contributed by atoms with Crippen molar-refractivity contribution in [3.63, 3.8) is 0 Å². The van der Waals surface area contributed by atoms with Gasteiger partial charge in [-0.3, -0.25) is 0 Å². The molecule has 0 aliphatic rings. The van der Waals surface area contributed by atoms with Gasteiger partial charge in [0, 0.05) is 5.02 Å². The highest BCUT2D eigenvalue weighted by Gasteiger charge is 2.10. The Hall–Kier alpha value is -1.98. The van der Waals surface area contributed by atoms with Crippen LogP contribution in [-0.2, 0) is 0 Å². The van der Waals surface area contributed by atoms with Crippen LogP contribution in [0.15, 0.2) is 42.5 Å². The van der Waals surface area contributed by atoms with E-state index in [1.807, 2.05) is 56.3 Å². The first-order valence-corrected chi connectivity index (χ1v) is 7.83. The highest BCUT2D eigenvalue weighted by Crippen LogP contribution is 2.26. The number of halogens is 1. The van der Waals surface area contributed by atoms with E-state index < -0.39 is 0 Å². The largest absolute Gasteiger partial charge is 0.494 e. The van der Waals surface area contributed by atoms with Gasteiger partial charge in [0.2, 0.25) is 0 Å². The summed E-state index contributed by atoms with van der Waals surface area (Å²) in [7, 11) is 0. The van der Waals surface area contributed by atoms with Gasteiger partial charge >= 0.3 is 0 Å². The molecule has 0 heterocycles. The van der Waals surface area contributed by atoms with Gasteiger partial charge in [0.1, 0.15) is 5.75 Å².